The topological polar surface area (TPSA) is 81.5 Å². The van der Waals surface area contributed by atoms with Crippen LogP contribution in [0.2, 0.25) is 0 Å². The van der Waals surface area contributed by atoms with Gasteiger partial charge in [0.25, 0.3) is 0 Å². The zero-order valence-corrected chi connectivity index (χ0v) is 16.9. The minimum absolute atomic E-state index is 0.170. The lowest BCUT2D eigenvalue weighted by Gasteiger charge is -2.12. The molecule has 0 aliphatic rings. The predicted molar refractivity (Wildman–Crippen MR) is 106 cm³/mol. The van der Waals surface area contributed by atoms with Gasteiger partial charge in [-0.15, -0.1) is 0 Å². The molecule has 8 heteroatoms. The number of carbonyl (C=O) groups excluding carboxylic acids is 1. The monoisotopic (exact) mass is 399 g/mol. The number of nitrogens with zero attached hydrogens (tertiary/aromatic N) is 3. The van der Waals surface area contributed by atoms with E-state index in [1.54, 1.807) is 22.9 Å². The first kappa shape index (κ1) is 19.8. The van der Waals surface area contributed by atoms with E-state index in [2.05, 4.69) is 5.10 Å². The summed E-state index contributed by atoms with van der Waals surface area (Å²) in [5, 5.41) is 4.36. The van der Waals surface area contributed by atoms with E-state index in [1.165, 1.54) is 33.3 Å². The number of aryl methyl sites for hydroxylation is 1. The number of aromatic nitrogens is 2. The molecule has 1 heterocycles. The molecular weight excluding hydrogens is 378 g/mol. The van der Waals surface area contributed by atoms with E-state index in [1.807, 2.05) is 31.2 Å². The van der Waals surface area contributed by atoms with Crippen LogP contribution in [-0.4, -0.2) is 49.7 Å². The molecule has 0 N–H and O–H groups in total. The van der Waals surface area contributed by atoms with E-state index >= 15 is 0 Å². The van der Waals surface area contributed by atoms with Gasteiger partial charge < -0.3 is 4.74 Å². The maximum atomic E-state index is 12.3. The van der Waals surface area contributed by atoms with Crippen LogP contribution in [-0.2, 0) is 14.8 Å². The van der Waals surface area contributed by atoms with E-state index < -0.39 is 16.0 Å². The molecule has 3 rings (SSSR count). The fourth-order valence-corrected chi connectivity index (χ4v) is 3.58. The summed E-state index contributed by atoms with van der Waals surface area (Å²) in [6.07, 6.45) is 0. The number of sulfonamides is 1. The molecule has 1 aromatic heterocycles. The van der Waals surface area contributed by atoms with Gasteiger partial charge in [-0.1, -0.05) is 29.8 Å². The van der Waals surface area contributed by atoms with Crippen LogP contribution in [0.4, 0.5) is 0 Å². The van der Waals surface area contributed by atoms with Crippen LogP contribution >= 0.6 is 0 Å². The second-order valence-electron chi connectivity index (χ2n) is 6.47. The Bertz CT molecular complexity index is 1100. The van der Waals surface area contributed by atoms with Crippen molar-refractivity contribution in [2.75, 3.05) is 21.2 Å². The summed E-state index contributed by atoms with van der Waals surface area (Å²) in [6, 6.07) is 15.8. The number of methoxy groups -OCH3 is 1. The highest BCUT2D eigenvalue weighted by molar-refractivity contribution is 7.89. The van der Waals surface area contributed by atoms with E-state index in [0.29, 0.717) is 11.4 Å². The van der Waals surface area contributed by atoms with Crippen LogP contribution in [0, 0.1) is 6.92 Å². The highest BCUT2D eigenvalue weighted by atomic mass is 32.2. The van der Waals surface area contributed by atoms with Crippen LogP contribution in [0.5, 0.6) is 0 Å². The average molecular weight is 399 g/mol. The molecule has 0 radical (unpaired) electrons. The summed E-state index contributed by atoms with van der Waals surface area (Å²) in [4.78, 5) is 12.2. The number of esters is 1. The van der Waals surface area contributed by atoms with Gasteiger partial charge in [-0.3, -0.25) is 0 Å². The van der Waals surface area contributed by atoms with Crippen molar-refractivity contribution in [1.29, 1.82) is 0 Å². The molecule has 3 aromatic rings. The minimum Gasteiger partial charge on any atom is -0.464 e. The molecule has 0 aliphatic carbocycles. The van der Waals surface area contributed by atoms with Crippen molar-refractivity contribution < 1.29 is 17.9 Å². The smallest absolute Gasteiger partial charge is 0.358 e. The number of carbonyl (C=O) groups is 1. The molecule has 0 amide bonds. The summed E-state index contributed by atoms with van der Waals surface area (Å²) in [5.41, 5.74) is 3.48. The summed E-state index contributed by atoms with van der Waals surface area (Å²) >= 11 is 0. The first-order valence-electron chi connectivity index (χ1n) is 8.52. The largest absolute Gasteiger partial charge is 0.464 e. The summed E-state index contributed by atoms with van der Waals surface area (Å²) < 4.78 is 32.1. The second kappa shape index (κ2) is 7.57. The van der Waals surface area contributed by atoms with Gasteiger partial charge in [0, 0.05) is 19.7 Å². The van der Waals surface area contributed by atoms with Gasteiger partial charge in [0.2, 0.25) is 10.0 Å². The Kier molecular flexibility index (Phi) is 5.35. The van der Waals surface area contributed by atoms with Crippen LogP contribution in [0.1, 0.15) is 16.1 Å². The normalized spacial score (nSPS) is 11.6. The van der Waals surface area contributed by atoms with Crippen LogP contribution in [0.15, 0.2) is 59.5 Å². The standard InChI is InChI=1S/C20H21N3O4S/c1-14-5-7-15(8-6-14)19-13-18(20(24)27-4)21-23(19)16-9-11-17(12-10-16)28(25,26)22(2)3/h5-13H,1-4H3. The van der Waals surface area contributed by atoms with Crippen molar-refractivity contribution in [3.63, 3.8) is 0 Å². The number of rotatable bonds is 5. The quantitative estimate of drug-likeness (QED) is 0.616. The van der Waals surface area contributed by atoms with E-state index in [4.69, 9.17) is 4.74 Å². The lowest BCUT2D eigenvalue weighted by molar-refractivity contribution is 0.0593. The first-order valence-corrected chi connectivity index (χ1v) is 9.96. The van der Waals surface area contributed by atoms with Gasteiger partial charge in [-0.2, -0.15) is 5.10 Å². The zero-order valence-electron chi connectivity index (χ0n) is 16.1. The van der Waals surface area contributed by atoms with Crippen LogP contribution in [0.25, 0.3) is 16.9 Å². The minimum atomic E-state index is -3.53. The third-order valence-corrected chi connectivity index (χ3v) is 6.14. The Hall–Kier alpha value is -2.97. The Labute approximate surface area is 164 Å². The Morgan fingerprint density at radius 3 is 2.18 bits per heavy atom. The van der Waals surface area contributed by atoms with E-state index in [-0.39, 0.29) is 10.6 Å². The molecule has 146 valence electrons. The molecule has 0 bridgehead atoms. The van der Waals surface area contributed by atoms with Gasteiger partial charge in [0.05, 0.1) is 23.4 Å². The summed E-state index contributed by atoms with van der Waals surface area (Å²) in [5.74, 6) is -0.543. The predicted octanol–water partition coefficient (Wildman–Crippen LogP) is 2.88. The van der Waals surface area contributed by atoms with Crippen LogP contribution in [0.3, 0.4) is 0 Å². The van der Waals surface area contributed by atoms with Gasteiger partial charge in [-0.05, 0) is 37.3 Å². The Morgan fingerprint density at radius 1 is 1.04 bits per heavy atom. The molecule has 0 atom stereocenters. The SMILES string of the molecule is COC(=O)c1cc(-c2ccc(C)cc2)n(-c2ccc(S(=O)(=O)N(C)C)cc2)n1. The molecule has 0 unspecified atom stereocenters. The molecule has 28 heavy (non-hydrogen) atoms. The fraction of sp³-hybridized carbons (Fsp3) is 0.200. The molecule has 0 saturated heterocycles. The van der Waals surface area contributed by atoms with Crippen molar-refractivity contribution >= 4 is 16.0 Å². The molecule has 0 saturated carbocycles. The zero-order chi connectivity index (χ0) is 20.5. The highest BCUT2D eigenvalue weighted by Crippen LogP contribution is 2.26. The number of benzene rings is 2. The summed E-state index contributed by atoms with van der Waals surface area (Å²) in [6.45, 7) is 1.99. The van der Waals surface area contributed by atoms with Crippen molar-refractivity contribution in [1.82, 2.24) is 14.1 Å². The molecule has 2 aromatic carbocycles. The maximum Gasteiger partial charge on any atom is 0.358 e. The lowest BCUT2D eigenvalue weighted by atomic mass is 10.1. The molecule has 0 fully saturated rings. The van der Waals surface area contributed by atoms with Crippen molar-refractivity contribution in [3.8, 4) is 16.9 Å². The fourth-order valence-electron chi connectivity index (χ4n) is 2.68. The van der Waals surface area contributed by atoms with Crippen molar-refractivity contribution in [2.45, 2.75) is 11.8 Å². The van der Waals surface area contributed by atoms with Gasteiger partial charge in [0.15, 0.2) is 5.69 Å². The molecule has 7 nitrogen and oxygen atoms in total. The average Bonchev–Trinajstić information content (AvgIpc) is 3.13. The van der Waals surface area contributed by atoms with Crippen LogP contribution < -0.4 is 0 Å². The Morgan fingerprint density at radius 2 is 1.64 bits per heavy atom. The maximum absolute atomic E-state index is 12.3. The lowest BCUT2D eigenvalue weighted by Crippen LogP contribution is -2.22. The van der Waals surface area contributed by atoms with Gasteiger partial charge >= 0.3 is 5.97 Å². The first-order chi connectivity index (χ1) is 13.2. The van der Waals surface area contributed by atoms with E-state index in [9.17, 15) is 13.2 Å². The molecular formula is C20H21N3O4S. The Balaban J connectivity index is 2.11. The highest BCUT2D eigenvalue weighted by Gasteiger charge is 2.19. The third-order valence-electron chi connectivity index (χ3n) is 4.31. The molecule has 0 aliphatic heterocycles. The second-order valence-corrected chi connectivity index (χ2v) is 8.62. The van der Waals surface area contributed by atoms with E-state index in [0.717, 1.165) is 15.4 Å². The van der Waals surface area contributed by atoms with Gasteiger partial charge in [-0.25, -0.2) is 22.2 Å². The van der Waals surface area contributed by atoms with Gasteiger partial charge in [0.1, 0.15) is 0 Å². The summed E-state index contributed by atoms with van der Waals surface area (Å²) in [7, 11) is 0.736. The molecule has 0 spiro atoms. The third kappa shape index (κ3) is 3.69. The number of hydrogen-bond donors (Lipinski definition) is 0. The van der Waals surface area contributed by atoms with Crippen molar-refractivity contribution in [2.24, 2.45) is 0 Å². The number of ether oxygens (including phenoxy) is 1. The number of hydrogen-bond acceptors (Lipinski definition) is 5. The van der Waals surface area contributed by atoms with Crippen molar-refractivity contribution in [3.05, 3.63) is 65.9 Å².